The normalized spacial score (nSPS) is 13.0. The predicted octanol–water partition coefficient (Wildman–Crippen LogP) is 5.17. The number of hydrogen-bond acceptors (Lipinski definition) is 2. The van der Waals surface area contributed by atoms with Gasteiger partial charge in [0, 0.05) is 23.6 Å². The van der Waals surface area contributed by atoms with E-state index < -0.39 is 0 Å². The molecule has 2 aliphatic rings. The summed E-state index contributed by atoms with van der Waals surface area (Å²) in [5.41, 5.74) is 8.78. The molecule has 0 saturated heterocycles. The lowest BCUT2D eigenvalue weighted by Gasteiger charge is -2.19. The van der Waals surface area contributed by atoms with E-state index in [1.807, 2.05) is 6.92 Å². The van der Waals surface area contributed by atoms with Gasteiger partial charge in [0.25, 0.3) is 5.69 Å². The first-order valence-corrected chi connectivity index (χ1v) is 10.2. The Morgan fingerprint density at radius 2 is 1.69 bits per heavy atom. The van der Waals surface area contributed by atoms with Gasteiger partial charge in [-0.05, 0) is 40.5 Å². The van der Waals surface area contributed by atoms with Crippen molar-refractivity contribution in [3.05, 3.63) is 78.0 Å². The Kier molecular flexibility index (Phi) is 3.42. The molecule has 1 aliphatic carbocycles. The van der Waals surface area contributed by atoms with Crippen LogP contribution >= 0.6 is 0 Å². The number of nitrogens with zero attached hydrogens (tertiary/aromatic N) is 1. The number of benzene rings is 3. The SMILES string of the molecule is CCOC(=O)c1c2c(cc3[n+]1CCc1ccccc1-3)-c1cccc3cccc-2c13. The molecule has 140 valence electrons. The molecule has 0 spiro atoms. The van der Waals surface area contributed by atoms with E-state index in [-0.39, 0.29) is 5.97 Å². The van der Waals surface area contributed by atoms with E-state index in [2.05, 4.69) is 71.3 Å². The number of aromatic nitrogens is 1. The largest absolute Gasteiger partial charge is 0.458 e. The molecule has 2 heterocycles. The lowest BCUT2D eigenvalue weighted by atomic mass is 9.92. The molecule has 29 heavy (non-hydrogen) atoms. The highest BCUT2D eigenvalue weighted by Crippen LogP contribution is 2.49. The number of pyridine rings is 1. The van der Waals surface area contributed by atoms with Gasteiger partial charge >= 0.3 is 5.97 Å². The molecular formula is C26H20NO2+. The maximum atomic E-state index is 13.2. The van der Waals surface area contributed by atoms with Crippen molar-refractivity contribution in [2.75, 3.05) is 6.61 Å². The molecule has 0 radical (unpaired) electrons. The number of rotatable bonds is 2. The second kappa shape index (κ2) is 6.02. The van der Waals surface area contributed by atoms with Crippen LogP contribution in [0.25, 0.3) is 44.3 Å². The molecule has 4 aromatic rings. The molecule has 6 rings (SSSR count). The molecule has 3 nitrogen and oxygen atoms in total. The van der Waals surface area contributed by atoms with Crippen molar-refractivity contribution in [1.29, 1.82) is 0 Å². The first-order chi connectivity index (χ1) is 14.3. The summed E-state index contributed by atoms with van der Waals surface area (Å²) in [4.78, 5) is 13.2. The second-order valence-electron chi connectivity index (χ2n) is 7.66. The average molecular weight is 378 g/mol. The van der Waals surface area contributed by atoms with Crippen LogP contribution < -0.4 is 4.57 Å². The van der Waals surface area contributed by atoms with E-state index in [0.29, 0.717) is 12.3 Å². The first kappa shape index (κ1) is 16.5. The van der Waals surface area contributed by atoms with Crippen LogP contribution in [-0.4, -0.2) is 12.6 Å². The Labute approximate surface area is 169 Å². The molecule has 0 amide bonds. The number of aryl methyl sites for hydroxylation is 1. The van der Waals surface area contributed by atoms with Crippen molar-refractivity contribution in [1.82, 2.24) is 0 Å². The number of carbonyl (C=O) groups excluding carboxylic acids is 1. The monoisotopic (exact) mass is 378 g/mol. The number of carbonyl (C=O) groups is 1. The van der Waals surface area contributed by atoms with Crippen molar-refractivity contribution in [3.63, 3.8) is 0 Å². The lowest BCUT2D eigenvalue weighted by molar-refractivity contribution is -0.689. The Balaban J connectivity index is 1.76. The van der Waals surface area contributed by atoms with E-state index >= 15 is 0 Å². The van der Waals surface area contributed by atoms with Gasteiger partial charge in [-0.25, -0.2) is 4.79 Å². The molecule has 0 atom stereocenters. The zero-order valence-corrected chi connectivity index (χ0v) is 16.2. The van der Waals surface area contributed by atoms with Crippen LogP contribution in [0.1, 0.15) is 23.0 Å². The summed E-state index contributed by atoms with van der Waals surface area (Å²) in [6.45, 7) is 3.01. The van der Waals surface area contributed by atoms with Crippen molar-refractivity contribution < 1.29 is 14.1 Å². The number of hydrogen-bond donors (Lipinski definition) is 0. The van der Waals surface area contributed by atoms with Gasteiger partial charge in [-0.2, -0.15) is 4.57 Å². The minimum atomic E-state index is -0.241. The highest BCUT2D eigenvalue weighted by Gasteiger charge is 2.39. The molecular weight excluding hydrogens is 358 g/mol. The van der Waals surface area contributed by atoms with Crippen molar-refractivity contribution >= 4 is 16.7 Å². The summed E-state index contributed by atoms with van der Waals surface area (Å²) >= 11 is 0. The van der Waals surface area contributed by atoms with Crippen LogP contribution in [-0.2, 0) is 17.7 Å². The van der Waals surface area contributed by atoms with Gasteiger partial charge in [-0.1, -0.05) is 54.6 Å². The quantitative estimate of drug-likeness (QED) is 0.313. The van der Waals surface area contributed by atoms with E-state index in [4.69, 9.17) is 4.74 Å². The van der Waals surface area contributed by atoms with Crippen LogP contribution in [0.5, 0.6) is 0 Å². The summed E-state index contributed by atoms with van der Waals surface area (Å²) in [6.07, 6.45) is 0.913. The van der Waals surface area contributed by atoms with Gasteiger partial charge in [0.1, 0.15) is 0 Å². The Hall–Kier alpha value is -3.46. The van der Waals surface area contributed by atoms with Crippen LogP contribution in [0, 0.1) is 0 Å². The minimum Gasteiger partial charge on any atom is -0.458 e. The van der Waals surface area contributed by atoms with Crippen LogP contribution in [0.15, 0.2) is 66.7 Å². The predicted molar refractivity (Wildman–Crippen MR) is 114 cm³/mol. The fourth-order valence-electron chi connectivity index (χ4n) is 5.02. The maximum Gasteiger partial charge on any atom is 0.404 e. The summed E-state index contributed by atoms with van der Waals surface area (Å²) < 4.78 is 7.71. The van der Waals surface area contributed by atoms with Crippen LogP contribution in [0.2, 0.25) is 0 Å². The Bertz CT molecular complexity index is 1330. The number of fused-ring (bicyclic) bond motifs is 6. The average Bonchev–Trinajstić information content (AvgIpc) is 3.08. The lowest BCUT2D eigenvalue weighted by Crippen LogP contribution is -2.46. The van der Waals surface area contributed by atoms with Gasteiger partial charge in [-0.3, -0.25) is 0 Å². The van der Waals surface area contributed by atoms with Gasteiger partial charge < -0.3 is 4.74 Å². The third-order valence-electron chi connectivity index (χ3n) is 6.18. The Morgan fingerprint density at radius 3 is 2.52 bits per heavy atom. The van der Waals surface area contributed by atoms with E-state index in [0.717, 1.165) is 35.3 Å². The Morgan fingerprint density at radius 1 is 0.931 bits per heavy atom. The van der Waals surface area contributed by atoms with Crippen LogP contribution in [0.4, 0.5) is 0 Å². The third kappa shape index (κ3) is 2.18. The zero-order chi connectivity index (χ0) is 19.5. The number of esters is 1. The topological polar surface area (TPSA) is 30.2 Å². The van der Waals surface area contributed by atoms with E-state index in [9.17, 15) is 4.79 Å². The molecule has 3 heteroatoms. The molecule has 0 N–H and O–H groups in total. The molecule has 0 bridgehead atoms. The standard InChI is InChI=1S/C26H20NO2/c1-2-29-26(28)25-24-20-12-6-9-17-8-5-11-19(23(17)20)21(24)15-22-18-10-4-3-7-16(18)13-14-27(22)25/h3-12,15H,2,13-14H2,1H3/q+1. The van der Waals surface area contributed by atoms with Gasteiger partial charge in [0.2, 0.25) is 5.69 Å². The smallest absolute Gasteiger partial charge is 0.404 e. The summed E-state index contributed by atoms with van der Waals surface area (Å²) in [6, 6.07) is 23.5. The maximum absolute atomic E-state index is 13.2. The molecule has 0 saturated carbocycles. The van der Waals surface area contributed by atoms with Gasteiger partial charge in [0.15, 0.2) is 6.54 Å². The minimum absolute atomic E-state index is 0.241. The van der Waals surface area contributed by atoms with Crippen molar-refractivity contribution in [3.8, 4) is 33.5 Å². The molecule has 1 aliphatic heterocycles. The number of ether oxygens (including phenoxy) is 1. The van der Waals surface area contributed by atoms with Gasteiger partial charge in [0.05, 0.1) is 12.2 Å². The van der Waals surface area contributed by atoms with E-state index in [1.165, 1.54) is 27.5 Å². The fourth-order valence-corrected chi connectivity index (χ4v) is 5.02. The molecule has 0 unspecified atom stereocenters. The van der Waals surface area contributed by atoms with E-state index in [1.54, 1.807) is 0 Å². The van der Waals surface area contributed by atoms with Crippen LogP contribution in [0.3, 0.4) is 0 Å². The zero-order valence-electron chi connectivity index (χ0n) is 16.2. The summed E-state index contributed by atoms with van der Waals surface area (Å²) in [5, 5.41) is 2.43. The summed E-state index contributed by atoms with van der Waals surface area (Å²) in [5.74, 6) is -0.241. The molecule has 1 aromatic heterocycles. The van der Waals surface area contributed by atoms with Crippen molar-refractivity contribution in [2.24, 2.45) is 0 Å². The fraction of sp³-hybridized carbons (Fsp3) is 0.154. The highest BCUT2D eigenvalue weighted by molar-refractivity contribution is 6.18. The first-order valence-electron chi connectivity index (χ1n) is 10.2. The molecule has 3 aromatic carbocycles. The molecule has 0 fully saturated rings. The second-order valence-corrected chi connectivity index (χ2v) is 7.66. The highest BCUT2D eigenvalue weighted by atomic mass is 16.5. The van der Waals surface area contributed by atoms with Crippen molar-refractivity contribution in [2.45, 2.75) is 19.9 Å². The van der Waals surface area contributed by atoms with Gasteiger partial charge in [-0.15, -0.1) is 0 Å². The summed E-state index contributed by atoms with van der Waals surface area (Å²) in [7, 11) is 0. The third-order valence-corrected chi connectivity index (χ3v) is 6.18.